The van der Waals surface area contributed by atoms with Crippen molar-refractivity contribution >= 4 is 5.91 Å². The van der Waals surface area contributed by atoms with Crippen molar-refractivity contribution < 1.29 is 18.7 Å². The number of aromatic nitrogens is 1. The number of nitrogens with zero attached hydrogens (tertiary/aromatic N) is 1. The molecule has 0 unspecified atom stereocenters. The van der Waals surface area contributed by atoms with Gasteiger partial charge in [-0.05, 0) is 36.2 Å². The van der Waals surface area contributed by atoms with E-state index in [0.717, 1.165) is 12.1 Å². The molecule has 2 heterocycles. The third-order valence-electron chi connectivity index (χ3n) is 3.70. The van der Waals surface area contributed by atoms with Crippen LogP contribution in [0.3, 0.4) is 0 Å². The number of likely N-dealkylation sites (tertiary alicyclic amines) is 1. The molecule has 1 aromatic heterocycles. The van der Waals surface area contributed by atoms with Gasteiger partial charge in [-0.25, -0.2) is 8.78 Å². The summed E-state index contributed by atoms with van der Waals surface area (Å²) in [4.78, 5) is 16.7. The lowest BCUT2D eigenvalue weighted by Crippen LogP contribution is -2.32. The van der Waals surface area contributed by atoms with Gasteiger partial charge in [-0.2, -0.15) is 0 Å². The van der Waals surface area contributed by atoms with Crippen LogP contribution in [0.25, 0.3) is 0 Å². The Labute approximate surface area is 120 Å². The minimum absolute atomic E-state index is 0.168. The van der Waals surface area contributed by atoms with E-state index in [9.17, 15) is 18.7 Å². The number of amides is 1. The number of benzene rings is 1. The summed E-state index contributed by atoms with van der Waals surface area (Å²) in [6.45, 7) is 0.168. The van der Waals surface area contributed by atoms with Gasteiger partial charge < -0.3 is 15.0 Å². The van der Waals surface area contributed by atoms with E-state index in [1.807, 2.05) is 0 Å². The number of β-amino-alcohol motifs (C(OH)–C–C–N with tert-alkyl or cyclic N) is 1. The molecule has 2 N–H and O–H groups in total. The van der Waals surface area contributed by atoms with Crippen molar-refractivity contribution in [1.29, 1.82) is 0 Å². The molecule has 6 heteroatoms. The van der Waals surface area contributed by atoms with Crippen molar-refractivity contribution in [3.05, 3.63) is 59.4 Å². The Kier molecular flexibility index (Phi) is 3.47. The van der Waals surface area contributed by atoms with Crippen LogP contribution in [0.15, 0.2) is 36.5 Å². The second kappa shape index (κ2) is 5.29. The summed E-state index contributed by atoms with van der Waals surface area (Å²) in [5, 5.41) is 9.83. The van der Waals surface area contributed by atoms with Crippen molar-refractivity contribution in [1.82, 2.24) is 9.88 Å². The van der Waals surface area contributed by atoms with Crippen LogP contribution in [0.4, 0.5) is 8.78 Å². The van der Waals surface area contributed by atoms with Gasteiger partial charge in [-0.1, -0.05) is 6.07 Å². The lowest BCUT2D eigenvalue weighted by atomic mass is 10.0. The summed E-state index contributed by atoms with van der Waals surface area (Å²) in [5.74, 6) is -2.16. The summed E-state index contributed by atoms with van der Waals surface area (Å²) < 4.78 is 26.4. The molecule has 0 aliphatic carbocycles. The number of aliphatic hydroxyl groups excluding tert-OH is 1. The molecule has 2 atom stereocenters. The van der Waals surface area contributed by atoms with Gasteiger partial charge in [0.15, 0.2) is 11.6 Å². The fraction of sp³-hybridized carbons (Fsp3) is 0.267. The van der Waals surface area contributed by atoms with Gasteiger partial charge in [-0.3, -0.25) is 4.79 Å². The second-order valence-electron chi connectivity index (χ2n) is 5.12. The Balaban J connectivity index is 1.92. The average Bonchev–Trinajstić information content (AvgIpc) is 3.10. The number of halogens is 2. The molecule has 0 radical (unpaired) electrons. The van der Waals surface area contributed by atoms with E-state index in [0.29, 0.717) is 17.7 Å². The van der Waals surface area contributed by atoms with Gasteiger partial charge in [0.2, 0.25) is 0 Å². The summed E-state index contributed by atoms with van der Waals surface area (Å²) in [5.41, 5.74) is 0.877. The van der Waals surface area contributed by atoms with Crippen molar-refractivity contribution in [2.45, 2.75) is 18.6 Å². The van der Waals surface area contributed by atoms with Gasteiger partial charge >= 0.3 is 0 Å². The molecule has 0 spiro atoms. The van der Waals surface area contributed by atoms with Crippen LogP contribution in [0.5, 0.6) is 0 Å². The van der Waals surface area contributed by atoms with E-state index in [2.05, 4.69) is 4.98 Å². The summed E-state index contributed by atoms with van der Waals surface area (Å²) in [7, 11) is 0. The fourth-order valence-corrected chi connectivity index (χ4v) is 2.69. The SMILES string of the molecule is O=C(c1ccc[nH]1)N1C[C@@H](O)C[C@@H]1c1ccc(F)c(F)c1. The Morgan fingerprint density at radius 1 is 1.29 bits per heavy atom. The molecular weight excluding hydrogens is 278 g/mol. The maximum Gasteiger partial charge on any atom is 0.270 e. The van der Waals surface area contributed by atoms with E-state index in [4.69, 9.17) is 0 Å². The second-order valence-corrected chi connectivity index (χ2v) is 5.12. The first-order valence-electron chi connectivity index (χ1n) is 6.63. The normalized spacial score (nSPS) is 21.8. The molecule has 3 rings (SSSR count). The first-order valence-corrected chi connectivity index (χ1v) is 6.63. The smallest absolute Gasteiger partial charge is 0.270 e. The van der Waals surface area contributed by atoms with Crippen LogP contribution in [0.1, 0.15) is 28.5 Å². The lowest BCUT2D eigenvalue weighted by molar-refractivity contribution is 0.0710. The van der Waals surface area contributed by atoms with Crippen molar-refractivity contribution in [3.8, 4) is 0 Å². The van der Waals surface area contributed by atoms with Crippen molar-refractivity contribution in [3.63, 3.8) is 0 Å². The van der Waals surface area contributed by atoms with Gasteiger partial charge in [-0.15, -0.1) is 0 Å². The molecular formula is C15H14F2N2O2. The van der Waals surface area contributed by atoms with E-state index in [-0.39, 0.29) is 12.5 Å². The highest BCUT2D eigenvalue weighted by molar-refractivity contribution is 5.93. The molecule has 1 aliphatic heterocycles. The zero-order chi connectivity index (χ0) is 15.0. The standard InChI is InChI=1S/C15H14F2N2O2/c16-11-4-3-9(6-12(11)17)14-7-10(20)8-19(14)15(21)13-2-1-5-18-13/h1-6,10,14,18,20H,7-8H2/t10-,14+/m0/s1. The van der Waals surface area contributed by atoms with Crippen LogP contribution in [-0.4, -0.2) is 33.5 Å². The Morgan fingerprint density at radius 3 is 2.76 bits per heavy atom. The van der Waals surface area contributed by atoms with Crippen molar-refractivity contribution in [2.24, 2.45) is 0 Å². The summed E-state index contributed by atoms with van der Waals surface area (Å²) in [6, 6.07) is 6.42. The predicted molar refractivity (Wildman–Crippen MR) is 71.6 cm³/mol. The van der Waals surface area contributed by atoms with Gasteiger partial charge in [0, 0.05) is 12.7 Å². The quantitative estimate of drug-likeness (QED) is 0.892. The van der Waals surface area contributed by atoms with E-state index in [1.165, 1.54) is 11.0 Å². The molecule has 21 heavy (non-hydrogen) atoms. The number of aromatic amines is 1. The van der Waals surface area contributed by atoms with Crippen LogP contribution >= 0.6 is 0 Å². The summed E-state index contributed by atoms with van der Waals surface area (Å²) in [6.07, 6.45) is 1.26. The highest BCUT2D eigenvalue weighted by Gasteiger charge is 2.36. The number of aliphatic hydroxyl groups is 1. The molecule has 0 bridgehead atoms. The average molecular weight is 292 g/mol. The molecule has 1 aliphatic rings. The maximum atomic E-state index is 13.4. The monoisotopic (exact) mass is 292 g/mol. The van der Waals surface area contributed by atoms with Crippen LogP contribution in [0, 0.1) is 11.6 Å². The molecule has 1 saturated heterocycles. The number of H-pyrrole nitrogens is 1. The van der Waals surface area contributed by atoms with E-state index < -0.39 is 23.8 Å². The number of carbonyl (C=O) groups is 1. The van der Waals surface area contributed by atoms with E-state index >= 15 is 0 Å². The molecule has 2 aromatic rings. The lowest BCUT2D eigenvalue weighted by Gasteiger charge is -2.24. The third-order valence-corrected chi connectivity index (χ3v) is 3.70. The van der Waals surface area contributed by atoms with Gasteiger partial charge in [0.05, 0.1) is 12.1 Å². The van der Waals surface area contributed by atoms with Crippen LogP contribution in [-0.2, 0) is 0 Å². The van der Waals surface area contributed by atoms with Gasteiger partial charge in [0.25, 0.3) is 5.91 Å². The number of nitrogens with one attached hydrogen (secondary N) is 1. The van der Waals surface area contributed by atoms with Crippen molar-refractivity contribution in [2.75, 3.05) is 6.54 Å². The van der Waals surface area contributed by atoms with Crippen LogP contribution < -0.4 is 0 Å². The minimum atomic E-state index is -0.957. The molecule has 1 aromatic carbocycles. The zero-order valence-electron chi connectivity index (χ0n) is 11.1. The molecule has 4 nitrogen and oxygen atoms in total. The number of hydrogen-bond acceptors (Lipinski definition) is 2. The number of hydrogen-bond donors (Lipinski definition) is 2. The highest BCUT2D eigenvalue weighted by Crippen LogP contribution is 2.33. The highest BCUT2D eigenvalue weighted by atomic mass is 19.2. The molecule has 110 valence electrons. The Hall–Kier alpha value is -2.21. The largest absolute Gasteiger partial charge is 0.391 e. The van der Waals surface area contributed by atoms with E-state index in [1.54, 1.807) is 18.3 Å². The number of rotatable bonds is 2. The Morgan fingerprint density at radius 2 is 2.10 bits per heavy atom. The van der Waals surface area contributed by atoms with Gasteiger partial charge in [0.1, 0.15) is 5.69 Å². The molecule has 1 amide bonds. The predicted octanol–water partition coefficient (Wildman–Crippen LogP) is 2.24. The topological polar surface area (TPSA) is 56.3 Å². The third kappa shape index (κ3) is 2.54. The van der Waals surface area contributed by atoms with Crippen LogP contribution in [0.2, 0.25) is 0 Å². The zero-order valence-corrected chi connectivity index (χ0v) is 11.1. The first-order chi connectivity index (χ1) is 10.1. The Bertz CT molecular complexity index is 658. The molecule has 0 saturated carbocycles. The number of carbonyl (C=O) groups excluding carboxylic acids is 1. The molecule has 1 fully saturated rings. The maximum absolute atomic E-state index is 13.4. The summed E-state index contributed by atoms with van der Waals surface area (Å²) >= 11 is 0. The fourth-order valence-electron chi connectivity index (χ4n) is 2.69. The first kappa shape index (κ1) is 13.8. The minimum Gasteiger partial charge on any atom is -0.391 e.